The van der Waals surface area contributed by atoms with Crippen molar-refractivity contribution in [3.05, 3.63) is 28.5 Å². The van der Waals surface area contributed by atoms with Crippen molar-refractivity contribution in [2.75, 3.05) is 11.4 Å². The number of carbonyl (C=O) groups is 2. The number of nitrogens with zero attached hydrogens (tertiary/aromatic N) is 1. The molecule has 1 aliphatic heterocycles. The van der Waals surface area contributed by atoms with E-state index in [-0.39, 0.29) is 24.0 Å². The highest BCUT2D eigenvalue weighted by molar-refractivity contribution is 9.10. The van der Waals surface area contributed by atoms with Crippen LogP contribution >= 0.6 is 15.9 Å². The lowest BCUT2D eigenvalue weighted by Crippen LogP contribution is -2.62. The van der Waals surface area contributed by atoms with E-state index in [1.54, 1.807) is 12.1 Å². The number of para-hydroxylation sites is 1. The van der Waals surface area contributed by atoms with Crippen LogP contribution in [-0.4, -0.2) is 24.4 Å². The van der Waals surface area contributed by atoms with E-state index in [1.165, 1.54) is 11.0 Å². The van der Waals surface area contributed by atoms with Gasteiger partial charge in [-0.2, -0.15) is 0 Å². The molecular formula is C14H16BrFN2O2. The van der Waals surface area contributed by atoms with Crippen LogP contribution in [0.25, 0.3) is 0 Å². The minimum Gasteiger partial charge on any atom is -0.342 e. The Labute approximate surface area is 125 Å². The highest BCUT2D eigenvalue weighted by atomic mass is 79.9. The van der Waals surface area contributed by atoms with E-state index in [0.29, 0.717) is 4.47 Å². The molecule has 1 unspecified atom stereocenters. The third-order valence-electron chi connectivity index (χ3n) is 3.19. The lowest BCUT2D eigenvalue weighted by molar-refractivity contribution is -0.133. The SMILES string of the molecule is CC(C)(C)C1NC(=O)CN(c2c(F)cccc2Br)C1=O. The van der Waals surface area contributed by atoms with Crippen molar-refractivity contribution in [2.45, 2.75) is 26.8 Å². The molecule has 1 atom stereocenters. The quantitative estimate of drug-likeness (QED) is 0.852. The monoisotopic (exact) mass is 342 g/mol. The zero-order valence-corrected chi connectivity index (χ0v) is 13.1. The number of amides is 2. The average molecular weight is 343 g/mol. The Morgan fingerprint density at radius 3 is 2.55 bits per heavy atom. The summed E-state index contributed by atoms with van der Waals surface area (Å²) in [5.74, 6) is -1.13. The predicted octanol–water partition coefficient (Wildman–Crippen LogP) is 2.47. The van der Waals surface area contributed by atoms with Gasteiger partial charge >= 0.3 is 0 Å². The lowest BCUT2D eigenvalue weighted by atomic mass is 9.84. The standard InChI is InChI=1S/C14H16BrFN2O2/c1-14(2,3)12-13(20)18(7-10(19)17-12)11-8(15)5-4-6-9(11)16/h4-6,12H,7H2,1-3H3,(H,17,19). The fourth-order valence-electron chi connectivity index (χ4n) is 2.17. The van der Waals surface area contributed by atoms with Crippen LogP contribution in [0.5, 0.6) is 0 Å². The molecule has 1 heterocycles. The van der Waals surface area contributed by atoms with Crippen molar-refractivity contribution in [2.24, 2.45) is 5.41 Å². The van der Waals surface area contributed by atoms with Crippen LogP contribution in [-0.2, 0) is 9.59 Å². The van der Waals surface area contributed by atoms with Crippen molar-refractivity contribution < 1.29 is 14.0 Å². The summed E-state index contributed by atoms with van der Waals surface area (Å²) in [6, 6.07) is 3.78. The first-order chi connectivity index (χ1) is 9.21. The van der Waals surface area contributed by atoms with Gasteiger partial charge in [0.1, 0.15) is 18.4 Å². The second kappa shape index (κ2) is 5.16. The summed E-state index contributed by atoms with van der Waals surface area (Å²) < 4.78 is 14.5. The van der Waals surface area contributed by atoms with Gasteiger partial charge in [-0.15, -0.1) is 0 Å². The van der Waals surface area contributed by atoms with E-state index < -0.39 is 17.3 Å². The van der Waals surface area contributed by atoms with Gasteiger partial charge in [-0.3, -0.25) is 14.5 Å². The fraction of sp³-hybridized carbons (Fsp3) is 0.429. The molecular weight excluding hydrogens is 327 g/mol. The number of carbonyl (C=O) groups excluding carboxylic acids is 2. The topological polar surface area (TPSA) is 49.4 Å². The number of benzene rings is 1. The molecule has 4 nitrogen and oxygen atoms in total. The molecule has 1 N–H and O–H groups in total. The Balaban J connectivity index is 2.46. The summed E-state index contributed by atoms with van der Waals surface area (Å²) in [4.78, 5) is 25.6. The first kappa shape index (κ1) is 15.0. The van der Waals surface area contributed by atoms with Crippen molar-refractivity contribution >= 4 is 33.4 Å². The van der Waals surface area contributed by atoms with E-state index >= 15 is 0 Å². The molecule has 0 saturated carbocycles. The van der Waals surface area contributed by atoms with E-state index in [2.05, 4.69) is 21.2 Å². The maximum Gasteiger partial charge on any atom is 0.250 e. The smallest absolute Gasteiger partial charge is 0.250 e. The fourth-order valence-corrected chi connectivity index (χ4v) is 2.72. The summed E-state index contributed by atoms with van der Waals surface area (Å²) in [5, 5.41) is 2.68. The van der Waals surface area contributed by atoms with Crippen LogP contribution in [0.4, 0.5) is 10.1 Å². The number of halogens is 2. The van der Waals surface area contributed by atoms with Gasteiger partial charge in [0, 0.05) is 4.47 Å². The molecule has 1 aromatic rings. The van der Waals surface area contributed by atoms with Crippen LogP contribution in [0.3, 0.4) is 0 Å². The molecule has 108 valence electrons. The molecule has 0 bridgehead atoms. The Bertz CT molecular complexity index is 549. The minimum absolute atomic E-state index is 0.113. The predicted molar refractivity (Wildman–Crippen MR) is 77.8 cm³/mol. The molecule has 2 amide bonds. The number of hydrogen-bond donors (Lipinski definition) is 1. The molecule has 1 fully saturated rings. The molecule has 6 heteroatoms. The first-order valence-corrected chi connectivity index (χ1v) is 7.06. The molecule has 0 radical (unpaired) electrons. The van der Waals surface area contributed by atoms with Crippen LogP contribution < -0.4 is 10.2 Å². The summed E-state index contributed by atoms with van der Waals surface area (Å²) >= 11 is 3.23. The van der Waals surface area contributed by atoms with Crippen LogP contribution in [0.2, 0.25) is 0 Å². The molecule has 1 saturated heterocycles. The zero-order chi connectivity index (χ0) is 15.1. The van der Waals surface area contributed by atoms with Crippen molar-refractivity contribution in [1.29, 1.82) is 0 Å². The van der Waals surface area contributed by atoms with Gasteiger partial charge in [-0.05, 0) is 33.5 Å². The first-order valence-electron chi connectivity index (χ1n) is 6.26. The second-order valence-corrected chi connectivity index (χ2v) is 6.72. The second-order valence-electron chi connectivity index (χ2n) is 5.86. The van der Waals surface area contributed by atoms with Crippen LogP contribution in [0.15, 0.2) is 22.7 Å². The summed E-state index contributed by atoms with van der Waals surface area (Å²) in [6.45, 7) is 5.40. The van der Waals surface area contributed by atoms with Gasteiger partial charge in [0.2, 0.25) is 5.91 Å². The lowest BCUT2D eigenvalue weighted by Gasteiger charge is -2.39. The normalized spacial score (nSPS) is 20.1. The molecule has 0 aliphatic carbocycles. The largest absolute Gasteiger partial charge is 0.342 e. The molecule has 20 heavy (non-hydrogen) atoms. The Morgan fingerprint density at radius 1 is 1.35 bits per heavy atom. The number of rotatable bonds is 1. The minimum atomic E-state index is -0.671. The number of hydrogen-bond acceptors (Lipinski definition) is 2. The highest BCUT2D eigenvalue weighted by Crippen LogP contribution is 2.32. The molecule has 1 aromatic carbocycles. The zero-order valence-electron chi connectivity index (χ0n) is 11.5. The van der Waals surface area contributed by atoms with Gasteiger partial charge in [0.05, 0.1) is 5.69 Å². The summed E-state index contributed by atoms with van der Waals surface area (Å²) in [6.07, 6.45) is 0. The van der Waals surface area contributed by atoms with Crippen LogP contribution in [0, 0.1) is 11.2 Å². The number of anilines is 1. The molecule has 0 spiro atoms. The number of nitrogens with one attached hydrogen (secondary N) is 1. The van der Waals surface area contributed by atoms with E-state index in [1.807, 2.05) is 20.8 Å². The van der Waals surface area contributed by atoms with Crippen molar-refractivity contribution in [3.8, 4) is 0 Å². The van der Waals surface area contributed by atoms with Gasteiger partial charge < -0.3 is 5.32 Å². The Kier molecular flexibility index (Phi) is 3.86. The highest BCUT2D eigenvalue weighted by Gasteiger charge is 2.41. The van der Waals surface area contributed by atoms with Crippen molar-refractivity contribution in [3.63, 3.8) is 0 Å². The van der Waals surface area contributed by atoms with Gasteiger partial charge in [0.15, 0.2) is 0 Å². The molecule has 1 aliphatic rings. The maximum absolute atomic E-state index is 14.0. The Morgan fingerprint density at radius 2 is 2.00 bits per heavy atom. The third kappa shape index (κ3) is 2.70. The molecule has 0 aromatic heterocycles. The van der Waals surface area contributed by atoms with Crippen LogP contribution in [0.1, 0.15) is 20.8 Å². The Hall–Kier alpha value is -1.43. The summed E-state index contributed by atoms with van der Waals surface area (Å²) in [5.41, 5.74) is -0.329. The van der Waals surface area contributed by atoms with Crippen molar-refractivity contribution in [1.82, 2.24) is 5.32 Å². The van der Waals surface area contributed by atoms with E-state index in [9.17, 15) is 14.0 Å². The van der Waals surface area contributed by atoms with Gasteiger partial charge in [-0.25, -0.2) is 4.39 Å². The van der Waals surface area contributed by atoms with E-state index in [4.69, 9.17) is 0 Å². The van der Waals surface area contributed by atoms with Gasteiger partial charge in [-0.1, -0.05) is 26.8 Å². The molecule has 2 rings (SSSR count). The number of piperazine rings is 1. The summed E-state index contributed by atoms with van der Waals surface area (Å²) in [7, 11) is 0. The average Bonchev–Trinajstić information content (AvgIpc) is 2.31. The third-order valence-corrected chi connectivity index (χ3v) is 3.83. The van der Waals surface area contributed by atoms with E-state index in [0.717, 1.165) is 0 Å². The van der Waals surface area contributed by atoms with Gasteiger partial charge in [0.25, 0.3) is 5.91 Å². The maximum atomic E-state index is 14.0.